The zero-order chi connectivity index (χ0) is 27.2. The number of carbonyl (C=O) groups excluding carboxylic acids is 1. The van der Waals surface area contributed by atoms with E-state index in [0.717, 1.165) is 16.5 Å². The van der Waals surface area contributed by atoms with Crippen LogP contribution in [0.1, 0.15) is 35.7 Å². The van der Waals surface area contributed by atoms with Gasteiger partial charge in [0.25, 0.3) is 11.8 Å². The van der Waals surface area contributed by atoms with E-state index in [0.29, 0.717) is 67.5 Å². The van der Waals surface area contributed by atoms with Crippen LogP contribution in [-0.2, 0) is 6.54 Å². The van der Waals surface area contributed by atoms with Crippen molar-refractivity contribution in [1.82, 2.24) is 30.0 Å². The number of hydroxylamine groups is 2. The van der Waals surface area contributed by atoms with Gasteiger partial charge in [-0.2, -0.15) is 4.98 Å². The molecular formula is C25H29ClFN7O3S. The lowest BCUT2D eigenvalue weighted by Gasteiger charge is -2.34. The minimum Gasteiger partial charge on any atom is -0.336 e. The van der Waals surface area contributed by atoms with Gasteiger partial charge in [-0.05, 0) is 31.2 Å². The summed E-state index contributed by atoms with van der Waals surface area (Å²) in [6.07, 6.45) is 0. The Kier molecular flexibility index (Phi) is 9.31. The molecule has 4 heterocycles. The van der Waals surface area contributed by atoms with Crippen LogP contribution >= 0.6 is 23.4 Å². The molecule has 10 nitrogen and oxygen atoms in total. The number of amides is 1. The Balaban J connectivity index is 0.00000164. The smallest absolute Gasteiger partial charge is 0.258 e. The van der Waals surface area contributed by atoms with Crippen molar-refractivity contribution in [3.8, 4) is 11.5 Å². The van der Waals surface area contributed by atoms with Crippen LogP contribution in [0.2, 0.25) is 5.02 Å². The predicted octanol–water partition coefficient (Wildman–Crippen LogP) is 4.64. The summed E-state index contributed by atoms with van der Waals surface area (Å²) in [4.78, 5) is 30.1. The molecule has 0 atom stereocenters. The minimum absolute atomic E-state index is 0.0216. The number of benzene rings is 1. The molecule has 2 aliphatic rings. The highest BCUT2D eigenvalue weighted by Gasteiger charge is 2.25. The van der Waals surface area contributed by atoms with Crippen LogP contribution in [0.5, 0.6) is 0 Å². The average molecular weight is 562 g/mol. The van der Waals surface area contributed by atoms with Crippen LogP contribution in [0.3, 0.4) is 0 Å². The molecule has 5 rings (SSSR count). The first kappa shape index (κ1) is 28.0. The van der Waals surface area contributed by atoms with Crippen molar-refractivity contribution < 1.29 is 18.9 Å². The number of carbonyl (C=O) groups is 1. The lowest BCUT2D eigenvalue weighted by atomic mass is 10.1. The zero-order valence-electron chi connectivity index (χ0n) is 21.4. The minimum atomic E-state index is -0.695. The molecule has 0 spiro atoms. The molecule has 2 aliphatic heterocycles. The van der Waals surface area contributed by atoms with E-state index in [1.165, 1.54) is 23.9 Å². The molecule has 1 amide bonds. The topological polar surface area (TPSA) is 111 Å². The molecule has 0 radical (unpaired) electrons. The second-order valence-electron chi connectivity index (χ2n) is 8.39. The number of thioether (sulfide) groups is 1. The van der Waals surface area contributed by atoms with Gasteiger partial charge >= 0.3 is 0 Å². The van der Waals surface area contributed by atoms with Crippen molar-refractivity contribution in [2.75, 3.05) is 38.5 Å². The van der Waals surface area contributed by atoms with Crippen molar-refractivity contribution in [3.63, 3.8) is 0 Å². The lowest BCUT2D eigenvalue weighted by molar-refractivity contribution is -0.000660. The van der Waals surface area contributed by atoms with Crippen molar-refractivity contribution >= 4 is 40.3 Å². The first-order valence-electron chi connectivity index (χ1n) is 12.3. The fraction of sp³-hybridized carbons (Fsp3) is 0.400. The summed E-state index contributed by atoms with van der Waals surface area (Å²) in [5.41, 5.74) is 1.39. The van der Waals surface area contributed by atoms with E-state index >= 15 is 0 Å². The highest BCUT2D eigenvalue weighted by Crippen LogP contribution is 2.27. The van der Waals surface area contributed by atoms with E-state index in [2.05, 4.69) is 25.0 Å². The lowest BCUT2D eigenvalue weighted by Crippen LogP contribution is -2.48. The Morgan fingerprint density at radius 2 is 1.95 bits per heavy atom. The van der Waals surface area contributed by atoms with Crippen LogP contribution in [0, 0.1) is 12.7 Å². The number of rotatable bonds is 5. The number of amidine groups is 1. The predicted molar refractivity (Wildman–Crippen MR) is 144 cm³/mol. The van der Waals surface area contributed by atoms with Gasteiger partial charge < -0.3 is 9.42 Å². The van der Waals surface area contributed by atoms with Gasteiger partial charge in [-0.15, -0.1) is 0 Å². The Hall–Kier alpha value is -3.06. The van der Waals surface area contributed by atoms with Gasteiger partial charge in [0.1, 0.15) is 0 Å². The van der Waals surface area contributed by atoms with E-state index < -0.39 is 5.82 Å². The van der Waals surface area contributed by atoms with Gasteiger partial charge in [-0.3, -0.25) is 14.9 Å². The van der Waals surface area contributed by atoms with Crippen LogP contribution in [0.15, 0.2) is 39.8 Å². The molecular weight excluding hydrogens is 533 g/mol. The summed E-state index contributed by atoms with van der Waals surface area (Å²) in [6, 6.07) is 8.05. The molecule has 202 valence electrons. The van der Waals surface area contributed by atoms with Gasteiger partial charge in [0.15, 0.2) is 22.6 Å². The van der Waals surface area contributed by atoms with Crippen molar-refractivity contribution in [3.05, 3.63) is 58.3 Å². The number of aromatic nitrogens is 3. The highest BCUT2D eigenvalue weighted by molar-refractivity contribution is 8.14. The number of aryl methyl sites for hydroxylation is 1. The fourth-order valence-electron chi connectivity index (χ4n) is 4.01. The molecule has 2 aromatic heterocycles. The maximum absolute atomic E-state index is 14.3. The number of hydrogen-bond donors (Lipinski definition) is 1. The second-order valence-corrected chi connectivity index (χ2v) is 9.86. The van der Waals surface area contributed by atoms with Crippen LogP contribution in [0.4, 0.5) is 10.2 Å². The maximum Gasteiger partial charge on any atom is 0.258 e. The molecule has 3 aromatic rings. The van der Waals surface area contributed by atoms with Gasteiger partial charge in [0, 0.05) is 44.0 Å². The third-order valence-electron chi connectivity index (χ3n) is 5.83. The van der Waals surface area contributed by atoms with E-state index in [1.807, 2.05) is 19.9 Å². The average Bonchev–Trinajstić information content (AvgIpc) is 3.54. The number of hydrogen-bond acceptors (Lipinski definition) is 9. The molecule has 1 N–H and O–H groups in total. The molecule has 13 heteroatoms. The molecule has 2 fully saturated rings. The number of piperazine rings is 1. The summed E-state index contributed by atoms with van der Waals surface area (Å²) in [5, 5.41) is 15.4. The fourth-order valence-corrected chi connectivity index (χ4v) is 5.03. The van der Waals surface area contributed by atoms with Crippen LogP contribution in [0.25, 0.3) is 11.5 Å². The summed E-state index contributed by atoms with van der Waals surface area (Å²) < 4.78 is 19.7. The van der Waals surface area contributed by atoms with E-state index in [-0.39, 0.29) is 16.5 Å². The highest BCUT2D eigenvalue weighted by atomic mass is 35.5. The van der Waals surface area contributed by atoms with Crippen molar-refractivity contribution in [2.24, 2.45) is 4.99 Å². The summed E-state index contributed by atoms with van der Waals surface area (Å²) in [7, 11) is 0. The van der Waals surface area contributed by atoms with Crippen LogP contribution < -0.4 is 0 Å². The largest absolute Gasteiger partial charge is 0.336 e. The first-order valence-corrected chi connectivity index (χ1v) is 13.7. The summed E-state index contributed by atoms with van der Waals surface area (Å²) >= 11 is 7.29. The van der Waals surface area contributed by atoms with Gasteiger partial charge in [-0.1, -0.05) is 48.4 Å². The number of nitrogens with zero attached hydrogens (tertiary/aromatic N) is 7. The second kappa shape index (κ2) is 12.7. The number of pyridine rings is 1. The number of aliphatic imine (C=N–C) groups is 1. The van der Waals surface area contributed by atoms with Crippen molar-refractivity contribution in [1.29, 1.82) is 0 Å². The molecule has 0 unspecified atom stereocenters. The molecule has 0 bridgehead atoms. The Labute approximate surface area is 229 Å². The Morgan fingerprint density at radius 1 is 1.18 bits per heavy atom. The monoisotopic (exact) mass is 561 g/mol. The summed E-state index contributed by atoms with van der Waals surface area (Å²) in [5.74, 6) is 0.971. The Morgan fingerprint density at radius 3 is 2.61 bits per heavy atom. The number of halogens is 2. The molecule has 1 aromatic carbocycles. The standard InChI is InChI=1S/C23H23ClFN7O3S.C2H6/c1-14-26-21(35-29-14)15-11-16(27-19(12-15)28-23-32(34)9-10-36-23)13-30-5-7-31(8-6-30)22(33)17-3-2-4-18(24)20(17)25;1-2/h2-4,11-12,34H,5-10,13H2,1H3;1-2H3/b28-23-;. The third kappa shape index (κ3) is 6.49. The van der Waals surface area contributed by atoms with E-state index in [9.17, 15) is 14.4 Å². The van der Waals surface area contributed by atoms with Crippen molar-refractivity contribution in [2.45, 2.75) is 27.3 Å². The zero-order valence-corrected chi connectivity index (χ0v) is 23.0. The van der Waals surface area contributed by atoms with Crippen LogP contribution in [-0.4, -0.2) is 84.7 Å². The molecule has 0 aliphatic carbocycles. The summed E-state index contributed by atoms with van der Waals surface area (Å²) in [6.45, 7) is 8.80. The molecule has 0 saturated carbocycles. The first-order chi connectivity index (χ1) is 18.4. The quantitative estimate of drug-likeness (QED) is 0.476. The SMILES string of the molecule is CC.Cc1noc(-c2cc(CN3CCN(C(=O)c4cccc(Cl)c4F)CC3)nc(/N=C3\SCCN3O)c2)n1. The third-order valence-corrected chi connectivity index (χ3v) is 7.07. The van der Waals surface area contributed by atoms with E-state index in [4.69, 9.17) is 16.1 Å². The maximum atomic E-state index is 14.3. The Bertz CT molecular complexity index is 1310. The van der Waals surface area contributed by atoms with Gasteiger partial charge in [0.2, 0.25) is 0 Å². The molecule has 38 heavy (non-hydrogen) atoms. The normalized spacial score (nSPS) is 17.1. The van der Waals surface area contributed by atoms with Gasteiger partial charge in [-0.25, -0.2) is 19.4 Å². The van der Waals surface area contributed by atoms with Gasteiger partial charge in [0.05, 0.1) is 22.8 Å². The van der Waals surface area contributed by atoms with E-state index in [1.54, 1.807) is 24.0 Å². The molecule has 2 saturated heterocycles.